The van der Waals surface area contributed by atoms with Crippen LogP contribution in [0, 0.1) is 5.82 Å². The largest absolute Gasteiger partial charge is 0.323 e. The van der Waals surface area contributed by atoms with Gasteiger partial charge in [-0.15, -0.1) is 0 Å². The number of H-pyrrole nitrogens is 1. The van der Waals surface area contributed by atoms with Crippen LogP contribution in [0.15, 0.2) is 48.7 Å². The number of aromatic amines is 1. The summed E-state index contributed by atoms with van der Waals surface area (Å²) in [4.78, 5) is 11.9. The van der Waals surface area contributed by atoms with Crippen LogP contribution in [-0.2, 0) is 0 Å². The molecule has 0 saturated heterocycles. The highest BCUT2D eigenvalue weighted by Gasteiger charge is 2.09. The molecule has 5 nitrogen and oxygen atoms in total. The molecule has 0 atom stereocenters. The summed E-state index contributed by atoms with van der Waals surface area (Å²) in [5, 5.41) is 12.4. The number of nitrogens with zero attached hydrogens (tertiary/aromatic N) is 1. The first kappa shape index (κ1) is 12.2. The molecule has 100 valence electrons. The number of hydrogen-bond donors (Lipinski definition) is 3. The van der Waals surface area contributed by atoms with Gasteiger partial charge in [0, 0.05) is 11.1 Å². The van der Waals surface area contributed by atoms with Crippen molar-refractivity contribution in [3.8, 4) is 0 Å². The van der Waals surface area contributed by atoms with Gasteiger partial charge in [0.2, 0.25) is 0 Å². The van der Waals surface area contributed by atoms with Gasteiger partial charge in [0.25, 0.3) is 0 Å². The molecule has 0 aliphatic carbocycles. The van der Waals surface area contributed by atoms with Crippen molar-refractivity contribution in [1.29, 1.82) is 0 Å². The molecule has 3 aromatic rings. The average molecular weight is 270 g/mol. The zero-order valence-electron chi connectivity index (χ0n) is 10.4. The standard InChI is InChI=1S/C14H11FN4O/c15-9-6-12(11-8-16-19-13(11)7-9)18-14(20)17-10-4-2-1-3-5-10/h1-8H,(H,16,19)(H2,17,18,20). The smallest absolute Gasteiger partial charge is 0.308 e. The zero-order valence-corrected chi connectivity index (χ0v) is 10.4. The maximum absolute atomic E-state index is 13.4. The quantitative estimate of drug-likeness (QED) is 0.668. The van der Waals surface area contributed by atoms with E-state index >= 15 is 0 Å². The van der Waals surface area contributed by atoms with E-state index in [1.165, 1.54) is 18.3 Å². The highest BCUT2D eigenvalue weighted by atomic mass is 19.1. The number of carbonyl (C=O) groups is 1. The molecule has 1 heterocycles. The van der Waals surface area contributed by atoms with Crippen molar-refractivity contribution >= 4 is 28.3 Å². The number of hydrogen-bond acceptors (Lipinski definition) is 2. The van der Waals surface area contributed by atoms with Crippen LogP contribution in [0.25, 0.3) is 10.9 Å². The molecule has 0 spiro atoms. The van der Waals surface area contributed by atoms with Crippen molar-refractivity contribution in [1.82, 2.24) is 10.2 Å². The van der Waals surface area contributed by atoms with Gasteiger partial charge >= 0.3 is 6.03 Å². The Bertz CT molecular complexity index is 754. The second kappa shape index (κ2) is 5.00. The Morgan fingerprint density at radius 2 is 1.95 bits per heavy atom. The van der Waals surface area contributed by atoms with Crippen molar-refractivity contribution in [3.05, 3.63) is 54.5 Å². The molecule has 0 saturated carbocycles. The summed E-state index contributed by atoms with van der Waals surface area (Å²) in [5.41, 5.74) is 1.55. The second-order valence-corrected chi connectivity index (χ2v) is 4.23. The van der Waals surface area contributed by atoms with Gasteiger partial charge in [-0.3, -0.25) is 5.10 Å². The predicted octanol–water partition coefficient (Wildman–Crippen LogP) is 3.35. The normalized spacial score (nSPS) is 10.4. The molecule has 3 rings (SSSR count). The third kappa shape index (κ3) is 2.44. The Morgan fingerprint density at radius 3 is 2.75 bits per heavy atom. The van der Waals surface area contributed by atoms with Crippen LogP contribution in [0.1, 0.15) is 0 Å². The van der Waals surface area contributed by atoms with Crippen LogP contribution >= 0.6 is 0 Å². The van der Waals surface area contributed by atoms with Crippen LogP contribution < -0.4 is 10.6 Å². The molecule has 0 fully saturated rings. The van der Waals surface area contributed by atoms with E-state index in [2.05, 4.69) is 20.8 Å². The summed E-state index contributed by atoms with van der Waals surface area (Å²) >= 11 is 0. The second-order valence-electron chi connectivity index (χ2n) is 4.23. The number of urea groups is 1. The van der Waals surface area contributed by atoms with Crippen LogP contribution in [0.4, 0.5) is 20.6 Å². The molecule has 1 aromatic heterocycles. The van der Waals surface area contributed by atoms with E-state index in [0.717, 1.165) is 0 Å². The van der Waals surface area contributed by atoms with E-state index in [0.29, 0.717) is 22.3 Å². The summed E-state index contributed by atoms with van der Waals surface area (Å²) < 4.78 is 13.4. The third-order valence-electron chi connectivity index (χ3n) is 2.80. The minimum Gasteiger partial charge on any atom is -0.308 e. The first-order valence-electron chi connectivity index (χ1n) is 5.98. The summed E-state index contributed by atoms with van der Waals surface area (Å²) in [6, 6.07) is 11.1. The Labute approximate surface area is 113 Å². The summed E-state index contributed by atoms with van der Waals surface area (Å²) in [6.07, 6.45) is 1.53. The number of benzene rings is 2. The van der Waals surface area contributed by atoms with Gasteiger partial charge in [-0.25, -0.2) is 9.18 Å². The number of anilines is 2. The van der Waals surface area contributed by atoms with E-state index in [1.807, 2.05) is 18.2 Å². The molecule has 20 heavy (non-hydrogen) atoms. The fourth-order valence-electron chi connectivity index (χ4n) is 1.93. The number of rotatable bonds is 2. The summed E-state index contributed by atoms with van der Waals surface area (Å²) in [7, 11) is 0. The topological polar surface area (TPSA) is 69.8 Å². The Balaban J connectivity index is 1.82. The number of carbonyl (C=O) groups excluding carboxylic acids is 1. The highest BCUT2D eigenvalue weighted by molar-refractivity contribution is 6.05. The van der Waals surface area contributed by atoms with Gasteiger partial charge < -0.3 is 10.6 Å². The van der Waals surface area contributed by atoms with Gasteiger partial charge in [-0.1, -0.05) is 18.2 Å². The molecule has 0 aliphatic heterocycles. The minimum absolute atomic E-state index is 0.363. The maximum atomic E-state index is 13.4. The van der Waals surface area contributed by atoms with Gasteiger partial charge in [0.15, 0.2) is 0 Å². The maximum Gasteiger partial charge on any atom is 0.323 e. The van der Waals surface area contributed by atoms with E-state index in [9.17, 15) is 9.18 Å². The van der Waals surface area contributed by atoms with E-state index in [4.69, 9.17) is 0 Å². The van der Waals surface area contributed by atoms with Crippen molar-refractivity contribution in [3.63, 3.8) is 0 Å². The molecule has 6 heteroatoms. The average Bonchev–Trinajstić information content (AvgIpc) is 2.88. The van der Waals surface area contributed by atoms with Crippen LogP contribution in [0.2, 0.25) is 0 Å². The van der Waals surface area contributed by atoms with Crippen molar-refractivity contribution < 1.29 is 9.18 Å². The fraction of sp³-hybridized carbons (Fsp3) is 0. The lowest BCUT2D eigenvalue weighted by Crippen LogP contribution is -2.19. The summed E-state index contributed by atoms with van der Waals surface area (Å²) in [5.74, 6) is -0.447. The molecule has 0 bridgehead atoms. The Morgan fingerprint density at radius 1 is 1.15 bits per heavy atom. The first-order chi connectivity index (χ1) is 9.72. The SMILES string of the molecule is O=C(Nc1ccccc1)Nc1cc(F)cc2[nH]ncc12. The molecule has 2 amide bonds. The number of aromatic nitrogens is 2. The number of fused-ring (bicyclic) bond motifs is 1. The lowest BCUT2D eigenvalue weighted by Gasteiger charge is -2.08. The molecular weight excluding hydrogens is 259 g/mol. The molecule has 2 aromatic carbocycles. The third-order valence-corrected chi connectivity index (χ3v) is 2.80. The van der Waals surface area contributed by atoms with E-state index in [1.54, 1.807) is 12.1 Å². The molecular formula is C14H11FN4O. The molecule has 3 N–H and O–H groups in total. The van der Waals surface area contributed by atoms with Crippen LogP contribution in [0.5, 0.6) is 0 Å². The number of para-hydroxylation sites is 1. The predicted molar refractivity (Wildman–Crippen MR) is 75.1 cm³/mol. The first-order valence-corrected chi connectivity index (χ1v) is 5.98. The van der Waals surface area contributed by atoms with Gasteiger partial charge in [0.1, 0.15) is 5.82 Å². The fourth-order valence-corrected chi connectivity index (χ4v) is 1.93. The molecule has 0 aliphatic rings. The number of halogens is 1. The lowest BCUT2D eigenvalue weighted by atomic mass is 10.2. The van der Waals surface area contributed by atoms with Crippen molar-refractivity contribution in [2.45, 2.75) is 0 Å². The van der Waals surface area contributed by atoms with Gasteiger partial charge in [-0.05, 0) is 24.3 Å². The Kier molecular flexibility index (Phi) is 3.04. The van der Waals surface area contributed by atoms with Crippen molar-refractivity contribution in [2.75, 3.05) is 10.6 Å². The number of nitrogens with one attached hydrogen (secondary N) is 3. The zero-order chi connectivity index (χ0) is 13.9. The minimum atomic E-state index is -0.447. The lowest BCUT2D eigenvalue weighted by molar-refractivity contribution is 0.262. The van der Waals surface area contributed by atoms with E-state index < -0.39 is 11.8 Å². The Hall–Kier alpha value is -2.89. The monoisotopic (exact) mass is 270 g/mol. The van der Waals surface area contributed by atoms with Crippen LogP contribution in [-0.4, -0.2) is 16.2 Å². The van der Waals surface area contributed by atoms with Crippen LogP contribution in [0.3, 0.4) is 0 Å². The van der Waals surface area contributed by atoms with Gasteiger partial charge in [0.05, 0.1) is 17.4 Å². The number of amides is 2. The van der Waals surface area contributed by atoms with E-state index in [-0.39, 0.29) is 0 Å². The molecule has 0 unspecified atom stereocenters. The highest BCUT2D eigenvalue weighted by Crippen LogP contribution is 2.23. The molecule has 0 radical (unpaired) electrons. The van der Waals surface area contributed by atoms with Crippen molar-refractivity contribution in [2.24, 2.45) is 0 Å². The summed E-state index contributed by atoms with van der Waals surface area (Å²) in [6.45, 7) is 0. The van der Waals surface area contributed by atoms with Gasteiger partial charge in [-0.2, -0.15) is 5.10 Å².